The molecular formula is C18H18FN3O2. The van der Waals surface area contributed by atoms with E-state index in [4.69, 9.17) is 4.74 Å². The number of pyridine rings is 1. The van der Waals surface area contributed by atoms with E-state index in [1.807, 2.05) is 12.1 Å². The number of aromatic nitrogens is 1. The summed E-state index contributed by atoms with van der Waals surface area (Å²) in [4.78, 5) is 15.7. The van der Waals surface area contributed by atoms with E-state index in [-0.39, 0.29) is 24.4 Å². The second-order valence-electron chi connectivity index (χ2n) is 5.64. The third-order valence-corrected chi connectivity index (χ3v) is 4.02. The van der Waals surface area contributed by atoms with Gasteiger partial charge in [0.25, 0.3) is 0 Å². The molecule has 0 N–H and O–H groups in total. The van der Waals surface area contributed by atoms with Crippen LogP contribution in [-0.2, 0) is 16.0 Å². The number of hydrogen-bond donors (Lipinski definition) is 0. The number of methoxy groups -OCH3 is 1. The van der Waals surface area contributed by atoms with Gasteiger partial charge in [-0.3, -0.25) is 14.8 Å². The van der Waals surface area contributed by atoms with Gasteiger partial charge in [0.05, 0.1) is 18.9 Å². The van der Waals surface area contributed by atoms with Gasteiger partial charge < -0.3 is 4.74 Å². The van der Waals surface area contributed by atoms with Crippen molar-refractivity contribution < 1.29 is 13.9 Å². The molecule has 0 spiro atoms. The second kappa shape index (κ2) is 7.21. The van der Waals surface area contributed by atoms with Crippen molar-refractivity contribution in [3.63, 3.8) is 0 Å². The molecule has 1 aliphatic rings. The summed E-state index contributed by atoms with van der Waals surface area (Å²) in [5.74, 6) is -0.593. The molecule has 0 saturated carbocycles. The summed E-state index contributed by atoms with van der Waals surface area (Å²) in [7, 11) is 1.36. The van der Waals surface area contributed by atoms with Gasteiger partial charge >= 0.3 is 5.97 Å². The summed E-state index contributed by atoms with van der Waals surface area (Å²) in [6, 6.07) is 10.2. The molecule has 1 aliphatic heterocycles. The van der Waals surface area contributed by atoms with E-state index in [2.05, 4.69) is 10.1 Å². The van der Waals surface area contributed by atoms with Crippen LogP contribution in [0, 0.1) is 5.82 Å². The number of esters is 1. The fourth-order valence-corrected chi connectivity index (χ4v) is 2.76. The Kier molecular flexibility index (Phi) is 4.84. The van der Waals surface area contributed by atoms with Crippen molar-refractivity contribution in [1.82, 2.24) is 9.99 Å². The topological polar surface area (TPSA) is 54.8 Å². The lowest BCUT2D eigenvalue weighted by atomic mass is 9.99. The van der Waals surface area contributed by atoms with Crippen molar-refractivity contribution in [3.05, 3.63) is 65.7 Å². The number of benzene rings is 1. The first kappa shape index (κ1) is 16.1. The van der Waals surface area contributed by atoms with E-state index in [0.717, 1.165) is 16.8 Å². The highest BCUT2D eigenvalue weighted by Gasteiger charge is 2.29. The molecular weight excluding hydrogens is 309 g/mol. The van der Waals surface area contributed by atoms with Crippen molar-refractivity contribution in [2.24, 2.45) is 5.10 Å². The molecule has 0 bridgehead atoms. The number of hydrogen-bond acceptors (Lipinski definition) is 5. The lowest BCUT2D eigenvalue weighted by Crippen LogP contribution is -2.33. The number of rotatable bonds is 5. The van der Waals surface area contributed by atoms with Crippen LogP contribution in [0.25, 0.3) is 0 Å². The third kappa shape index (κ3) is 3.76. The maximum atomic E-state index is 13.1. The van der Waals surface area contributed by atoms with Crippen LogP contribution in [0.5, 0.6) is 0 Å². The molecule has 0 aliphatic carbocycles. The van der Waals surface area contributed by atoms with Gasteiger partial charge in [-0.05, 0) is 36.2 Å². The monoisotopic (exact) mass is 327 g/mol. The van der Waals surface area contributed by atoms with E-state index in [1.54, 1.807) is 29.5 Å². The molecule has 5 nitrogen and oxygen atoms in total. The highest BCUT2D eigenvalue weighted by atomic mass is 19.1. The zero-order valence-electron chi connectivity index (χ0n) is 13.4. The first-order chi connectivity index (χ1) is 11.7. The zero-order chi connectivity index (χ0) is 16.9. The lowest BCUT2D eigenvalue weighted by molar-refractivity contribution is -0.142. The molecule has 0 amide bonds. The second-order valence-corrected chi connectivity index (χ2v) is 5.64. The zero-order valence-corrected chi connectivity index (χ0v) is 13.4. The number of nitrogens with zero attached hydrogens (tertiary/aromatic N) is 3. The van der Waals surface area contributed by atoms with E-state index in [9.17, 15) is 9.18 Å². The maximum Gasteiger partial charge on any atom is 0.327 e. The van der Waals surface area contributed by atoms with Crippen molar-refractivity contribution in [2.45, 2.75) is 18.9 Å². The standard InChI is InChI=1S/C18H18FN3O2/c1-24-18(23)12-22-16(10-13-2-4-15(19)5-3-13)11-17(21-22)14-6-8-20-9-7-14/h2-9,16H,10-12H2,1H3/t16-/m1/s1. The van der Waals surface area contributed by atoms with Gasteiger partial charge in [-0.15, -0.1) is 0 Å². The molecule has 0 fully saturated rings. The molecule has 3 rings (SSSR count). The van der Waals surface area contributed by atoms with Crippen molar-refractivity contribution in [2.75, 3.05) is 13.7 Å². The summed E-state index contributed by atoms with van der Waals surface area (Å²) in [5.41, 5.74) is 2.90. The Morgan fingerprint density at radius 3 is 2.62 bits per heavy atom. The Morgan fingerprint density at radius 2 is 1.96 bits per heavy atom. The van der Waals surface area contributed by atoms with Crippen molar-refractivity contribution in [3.8, 4) is 0 Å². The molecule has 6 heteroatoms. The summed E-state index contributed by atoms with van der Waals surface area (Å²) >= 11 is 0. The van der Waals surface area contributed by atoms with Crippen LogP contribution in [0.2, 0.25) is 0 Å². The molecule has 1 aromatic heterocycles. The van der Waals surface area contributed by atoms with E-state index < -0.39 is 0 Å². The van der Waals surface area contributed by atoms with Crippen molar-refractivity contribution in [1.29, 1.82) is 0 Å². The molecule has 24 heavy (non-hydrogen) atoms. The summed E-state index contributed by atoms with van der Waals surface area (Å²) in [6.45, 7) is 0.0942. The maximum absolute atomic E-state index is 13.1. The number of carbonyl (C=O) groups is 1. The Hall–Kier alpha value is -2.76. The average Bonchev–Trinajstić information content (AvgIpc) is 3.00. The molecule has 2 aromatic rings. The minimum Gasteiger partial charge on any atom is -0.468 e. The average molecular weight is 327 g/mol. The molecule has 124 valence electrons. The van der Waals surface area contributed by atoms with Gasteiger partial charge in [0.15, 0.2) is 0 Å². The van der Waals surface area contributed by atoms with Crippen molar-refractivity contribution >= 4 is 11.7 Å². The Morgan fingerprint density at radius 1 is 1.25 bits per heavy atom. The Bertz CT molecular complexity index is 732. The van der Waals surface area contributed by atoms with Gasteiger partial charge in [-0.2, -0.15) is 5.10 Å². The molecule has 0 radical (unpaired) electrons. The first-order valence-corrected chi connectivity index (χ1v) is 7.71. The SMILES string of the molecule is COC(=O)CN1N=C(c2ccncc2)C[C@H]1Cc1ccc(F)cc1. The van der Waals surface area contributed by atoms with E-state index in [0.29, 0.717) is 12.8 Å². The van der Waals surface area contributed by atoms with Crippen LogP contribution in [0.3, 0.4) is 0 Å². The minimum atomic E-state index is -0.334. The number of hydrazone groups is 1. The predicted octanol–water partition coefficient (Wildman–Crippen LogP) is 2.41. The van der Waals surface area contributed by atoms with Gasteiger partial charge in [-0.1, -0.05) is 12.1 Å². The molecule has 1 aromatic carbocycles. The number of halogens is 1. The molecule has 0 unspecified atom stereocenters. The van der Waals surface area contributed by atoms with Crippen LogP contribution >= 0.6 is 0 Å². The quantitative estimate of drug-likeness (QED) is 0.792. The van der Waals surface area contributed by atoms with Gasteiger partial charge in [0.2, 0.25) is 0 Å². The fraction of sp³-hybridized carbons (Fsp3) is 0.278. The molecule has 0 saturated heterocycles. The highest BCUT2D eigenvalue weighted by molar-refractivity contribution is 6.01. The normalized spacial score (nSPS) is 16.8. The first-order valence-electron chi connectivity index (χ1n) is 7.71. The van der Waals surface area contributed by atoms with Crippen LogP contribution in [0.15, 0.2) is 53.9 Å². The highest BCUT2D eigenvalue weighted by Crippen LogP contribution is 2.23. The van der Waals surface area contributed by atoms with E-state index >= 15 is 0 Å². The van der Waals surface area contributed by atoms with Gasteiger partial charge in [0, 0.05) is 24.4 Å². The Balaban J connectivity index is 1.79. The molecule has 1 atom stereocenters. The van der Waals surface area contributed by atoms with Crippen LogP contribution in [0.1, 0.15) is 17.5 Å². The summed E-state index contributed by atoms with van der Waals surface area (Å²) < 4.78 is 17.8. The smallest absolute Gasteiger partial charge is 0.327 e. The van der Waals surface area contributed by atoms with E-state index in [1.165, 1.54) is 19.2 Å². The summed E-state index contributed by atoms with van der Waals surface area (Å²) in [6.07, 6.45) is 4.82. The van der Waals surface area contributed by atoms with Gasteiger partial charge in [-0.25, -0.2) is 4.39 Å². The molecule has 2 heterocycles. The largest absolute Gasteiger partial charge is 0.468 e. The fourth-order valence-electron chi connectivity index (χ4n) is 2.76. The van der Waals surface area contributed by atoms with Gasteiger partial charge in [0.1, 0.15) is 12.4 Å². The summed E-state index contributed by atoms with van der Waals surface area (Å²) in [5, 5.41) is 6.34. The van der Waals surface area contributed by atoms with Crippen LogP contribution in [0.4, 0.5) is 4.39 Å². The minimum absolute atomic E-state index is 0.0257. The van der Waals surface area contributed by atoms with Crippen LogP contribution in [-0.4, -0.2) is 41.4 Å². The van der Waals surface area contributed by atoms with Crippen LogP contribution < -0.4 is 0 Å². The third-order valence-electron chi connectivity index (χ3n) is 4.02. The lowest BCUT2D eigenvalue weighted by Gasteiger charge is -2.22. The number of carbonyl (C=O) groups excluding carboxylic acids is 1. The number of ether oxygens (including phenoxy) is 1. The predicted molar refractivity (Wildman–Crippen MR) is 88.0 cm³/mol. The Labute approximate surface area is 139 Å².